The molecule has 118 valence electrons. The molecule has 2 fully saturated rings. The fourth-order valence-corrected chi connectivity index (χ4v) is 3.19. The summed E-state index contributed by atoms with van der Waals surface area (Å²) in [5.41, 5.74) is 5.93. The second-order valence-corrected chi connectivity index (χ2v) is 6.08. The van der Waals surface area contributed by atoms with E-state index in [0.29, 0.717) is 6.54 Å². The number of hydrogen-bond donors (Lipinski definition) is 1. The van der Waals surface area contributed by atoms with Gasteiger partial charge in [-0.15, -0.1) is 12.4 Å². The van der Waals surface area contributed by atoms with E-state index < -0.39 is 0 Å². The Labute approximate surface area is 128 Å². The lowest BCUT2D eigenvalue weighted by molar-refractivity contribution is -0.147. The normalized spacial score (nSPS) is 26.5. The smallest absolute Gasteiger partial charge is 0.251 e. The van der Waals surface area contributed by atoms with Crippen LogP contribution in [-0.2, 0) is 9.53 Å². The maximum absolute atomic E-state index is 12.3. The van der Waals surface area contributed by atoms with E-state index >= 15 is 0 Å². The molecule has 5 heteroatoms. The van der Waals surface area contributed by atoms with Crippen LogP contribution in [0.25, 0.3) is 0 Å². The summed E-state index contributed by atoms with van der Waals surface area (Å²) in [6.45, 7) is 3.43. The van der Waals surface area contributed by atoms with Gasteiger partial charge in [-0.3, -0.25) is 4.79 Å². The second kappa shape index (κ2) is 8.85. The number of nitrogens with zero attached hydrogens (tertiary/aromatic N) is 1. The van der Waals surface area contributed by atoms with Crippen molar-refractivity contribution < 1.29 is 9.53 Å². The predicted molar refractivity (Wildman–Crippen MR) is 83.1 cm³/mol. The zero-order valence-electron chi connectivity index (χ0n) is 12.6. The number of carbonyl (C=O) groups excluding carboxylic acids is 1. The molecule has 1 saturated carbocycles. The molecule has 0 radical (unpaired) electrons. The average Bonchev–Trinajstić information content (AvgIpc) is 2.66. The molecule has 20 heavy (non-hydrogen) atoms. The molecule has 1 aliphatic heterocycles. The standard InChI is InChI=1S/C15H28N2O2.ClH/c1-12(19-14-8-4-2-3-5-9-14)15(18)17-10-6-7-13(16)11-17;/h12-14H,2-11,16H2,1H3;1H. The molecule has 1 amide bonds. The third-order valence-electron chi connectivity index (χ3n) is 4.32. The highest BCUT2D eigenvalue weighted by molar-refractivity contribution is 5.85. The molecule has 0 aromatic rings. The number of carbonyl (C=O) groups is 1. The summed E-state index contributed by atoms with van der Waals surface area (Å²) < 4.78 is 5.99. The van der Waals surface area contributed by atoms with E-state index in [2.05, 4.69) is 0 Å². The highest BCUT2D eigenvalue weighted by atomic mass is 35.5. The summed E-state index contributed by atoms with van der Waals surface area (Å²) in [7, 11) is 0. The largest absolute Gasteiger partial charge is 0.365 e. The molecule has 4 nitrogen and oxygen atoms in total. The van der Waals surface area contributed by atoms with Crippen molar-refractivity contribution in [1.29, 1.82) is 0 Å². The molecule has 2 atom stereocenters. The lowest BCUT2D eigenvalue weighted by Gasteiger charge is -2.33. The summed E-state index contributed by atoms with van der Waals surface area (Å²) in [4.78, 5) is 14.2. The van der Waals surface area contributed by atoms with Crippen LogP contribution in [0.3, 0.4) is 0 Å². The molecule has 1 aliphatic carbocycles. The van der Waals surface area contributed by atoms with Crippen molar-refractivity contribution in [2.45, 2.75) is 76.5 Å². The Bertz CT molecular complexity index is 294. The number of halogens is 1. The van der Waals surface area contributed by atoms with Crippen molar-refractivity contribution >= 4 is 18.3 Å². The molecular formula is C15H29ClN2O2. The van der Waals surface area contributed by atoms with E-state index in [1.54, 1.807) is 0 Å². The van der Waals surface area contributed by atoms with Gasteiger partial charge in [0.25, 0.3) is 5.91 Å². The highest BCUT2D eigenvalue weighted by Crippen LogP contribution is 2.21. The molecule has 0 aromatic heterocycles. The second-order valence-electron chi connectivity index (χ2n) is 6.08. The monoisotopic (exact) mass is 304 g/mol. The third kappa shape index (κ3) is 5.23. The lowest BCUT2D eigenvalue weighted by atomic mass is 10.1. The summed E-state index contributed by atoms with van der Waals surface area (Å²) in [5, 5.41) is 0. The maximum Gasteiger partial charge on any atom is 0.251 e. The van der Waals surface area contributed by atoms with E-state index in [1.165, 1.54) is 25.7 Å². The predicted octanol–water partition coefficient (Wildman–Crippen LogP) is 2.49. The van der Waals surface area contributed by atoms with Gasteiger partial charge in [0, 0.05) is 19.1 Å². The van der Waals surface area contributed by atoms with Crippen LogP contribution >= 0.6 is 12.4 Å². The van der Waals surface area contributed by atoms with Crippen LogP contribution in [0.2, 0.25) is 0 Å². The maximum atomic E-state index is 12.3. The van der Waals surface area contributed by atoms with Crippen LogP contribution < -0.4 is 5.73 Å². The third-order valence-corrected chi connectivity index (χ3v) is 4.32. The van der Waals surface area contributed by atoms with Gasteiger partial charge in [-0.25, -0.2) is 0 Å². The minimum atomic E-state index is -0.312. The average molecular weight is 305 g/mol. The first-order valence-electron chi connectivity index (χ1n) is 7.86. The number of rotatable bonds is 3. The molecule has 2 aliphatic rings. The van der Waals surface area contributed by atoms with Crippen LogP contribution in [0.4, 0.5) is 0 Å². The lowest BCUT2D eigenvalue weighted by Crippen LogP contribution is -2.49. The van der Waals surface area contributed by atoms with Gasteiger partial charge in [0.05, 0.1) is 6.10 Å². The number of hydrogen-bond acceptors (Lipinski definition) is 3. The van der Waals surface area contributed by atoms with Gasteiger partial charge in [-0.05, 0) is 32.6 Å². The van der Waals surface area contributed by atoms with Crippen molar-refractivity contribution in [3.05, 3.63) is 0 Å². The van der Waals surface area contributed by atoms with E-state index in [0.717, 1.165) is 32.2 Å². The van der Waals surface area contributed by atoms with Crippen LogP contribution in [0.1, 0.15) is 58.3 Å². The van der Waals surface area contributed by atoms with Crippen molar-refractivity contribution in [2.24, 2.45) is 5.73 Å². The number of nitrogens with two attached hydrogens (primary N) is 1. The Hall–Kier alpha value is -0.320. The highest BCUT2D eigenvalue weighted by Gasteiger charge is 2.27. The Kier molecular flexibility index (Phi) is 7.85. The molecular weight excluding hydrogens is 276 g/mol. The molecule has 1 heterocycles. The summed E-state index contributed by atoms with van der Waals surface area (Å²) in [6, 6.07) is 0.141. The molecule has 2 rings (SSSR count). The SMILES string of the molecule is CC(OC1CCCCCC1)C(=O)N1CCCC(N)C1.Cl. The van der Waals surface area contributed by atoms with E-state index in [-0.39, 0.29) is 36.6 Å². The van der Waals surface area contributed by atoms with Crippen LogP contribution in [0.5, 0.6) is 0 Å². The van der Waals surface area contributed by atoms with Crippen molar-refractivity contribution in [3.8, 4) is 0 Å². The van der Waals surface area contributed by atoms with Gasteiger partial charge >= 0.3 is 0 Å². The molecule has 0 spiro atoms. The molecule has 1 saturated heterocycles. The molecule has 0 aromatic carbocycles. The topological polar surface area (TPSA) is 55.6 Å². The van der Waals surface area contributed by atoms with Gasteiger partial charge in [-0.2, -0.15) is 0 Å². The van der Waals surface area contributed by atoms with E-state index in [1.807, 2.05) is 11.8 Å². The van der Waals surface area contributed by atoms with E-state index in [9.17, 15) is 4.79 Å². The molecule has 0 bridgehead atoms. The van der Waals surface area contributed by atoms with Crippen LogP contribution in [-0.4, -0.2) is 42.1 Å². The summed E-state index contributed by atoms with van der Waals surface area (Å²) in [6.07, 6.45) is 9.32. The van der Waals surface area contributed by atoms with Gasteiger partial charge in [0.1, 0.15) is 6.10 Å². The van der Waals surface area contributed by atoms with Crippen LogP contribution in [0.15, 0.2) is 0 Å². The van der Waals surface area contributed by atoms with Crippen LogP contribution in [0, 0.1) is 0 Å². The minimum absolute atomic E-state index is 0. The van der Waals surface area contributed by atoms with Gasteiger partial charge in [-0.1, -0.05) is 25.7 Å². The van der Waals surface area contributed by atoms with Gasteiger partial charge in [0.15, 0.2) is 0 Å². The fraction of sp³-hybridized carbons (Fsp3) is 0.933. The zero-order chi connectivity index (χ0) is 13.7. The van der Waals surface area contributed by atoms with E-state index in [4.69, 9.17) is 10.5 Å². The van der Waals surface area contributed by atoms with Gasteiger partial charge in [0.2, 0.25) is 0 Å². The Morgan fingerprint density at radius 2 is 1.80 bits per heavy atom. The number of likely N-dealkylation sites (tertiary alicyclic amines) is 1. The summed E-state index contributed by atoms with van der Waals surface area (Å²) in [5.74, 6) is 0.124. The quantitative estimate of drug-likeness (QED) is 0.815. The first-order valence-corrected chi connectivity index (χ1v) is 7.86. The fourth-order valence-electron chi connectivity index (χ4n) is 3.19. The van der Waals surface area contributed by atoms with Crippen molar-refractivity contribution in [3.63, 3.8) is 0 Å². The van der Waals surface area contributed by atoms with Crippen molar-refractivity contribution in [1.82, 2.24) is 4.90 Å². The Morgan fingerprint density at radius 1 is 1.15 bits per heavy atom. The summed E-state index contributed by atoms with van der Waals surface area (Å²) >= 11 is 0. The van der Waals surface area contributed by atoms with Crippen molar-refractivity contribution in [2.75, 3.05) is 13.1 Å². The number of amides is 1. The number of piperidine rings is 1. The van der Waals surface area contributed by atoms with Gasteiger partial charge < -0.3 is 15.4 Å². The first kappa shape index (κ1) is 17.7. The zero-order valence-corrected chi connectivity index (χ0v) is 13.4. The molecule has 2 unspecified atom stereocenters. The minimum Gasteiger partial charge on any atom is -0.365 e. The number of ether oxygens (including phenoxy) is 1. The first-order chi connectivity index (χ1) is 9.16. The Morgan fingerprint density at radius 3 is 2.40 bits per heavy atom. The Balaban J connectivity index is 0.00000200. The molecule has 2 N–H and O–H groups in total.